The lowest BCUT2D eigenvalue weighted by atomic mass is 10.1. The lowest BCUT2D eigenvalue weighted by molar-refractivity contribution is -0.123. The summed E-state index contributed by atoms with van der Waals surface area (Å²) in [6.45, 7) is 4.60. The molecule has 3 nitrogen and oxygen atoms in total. The minimum Gasteiger partial charge on any atom is -0.483 e. The molecule has 0 radical (unpaired) electrons. The third-order valence-electron chi connectivity index (χ3n) is 3.35. The summed E-state index contributed by atoms with van der Waals surface area (Å²) in [7, 11) is 0. The summed E-state index contributed by atoms with van der Waals surface area (Å²) in [6, 6.07) is 14.1. The fourth-order valence-corrected chi connectivity index (χ4v) is 2.99. The standard InChI is InChI=1S/C18H20BrNO2/c1-13-10-16(19)11-14(2)18(13)22-12-17(21)20-9-8-15-6-4-3-5-7-15/h3-7,10-11H,8-9,12H2,1-2H3,(H,20,21). The third kappa shape index (κ3) is 4.88. The molecule has 0 aliphatic rings. The summed E-state index contributed by atoms with van der Waals surface area (Å²) >= 11 is 3.45. The van der Waals surface area contributed by atoms with E-state index in [1.165, 1.54) is 5.56 Å². The molecule has 0 aliphatic heterocycles. The normalized spacial score (nSPS) is 10.3. The Balaban J connectivity index is 1.79. The average Bonchev–Trinajstić information content (AvgIpc) is 2.47. The smallest absolute Gasteiger partial charge is 0.257 e. The van der Waals surface area contributed by atoms with Gasteiger partial charge in [0.15, 0.2) is 6.61 Å². The van der Waals surface area contributed by atoms with Crippen LogP contribution in [-0.2, 0) is 11.2 Å². The molecular weight excluding hydrogens is 342 g/mol. The number of aryl methyl sites for hydroxylation is 2. The number of amides is 1. The molecule has 0 aromatic heterocycles. The Morgan fingerprint density at radius 3 is 2.41 bits per heavy atom. The molecule has 116 valence electrons. The van der Waals surface area contributed by atoms with Gasteiger partial charge in [-0.3, -0.25) is 4.79 Å². The van der Waals surface area contributed by atoms with Crippen molar-refractivity contribution in [2.75, 3.05) is 13.2 Å². The molecule has 0 unspecified atom stereocenters. The number of hydrogen-bond donors (Lipinski definition) is 1. The first-order chi connectivity index (χ1) is 10.6. The van der Waals surface area contributed by atoms with Gasteiger partial charge in [0.25, 0.3) is 5.91 Å². The molecule has 0 fully saturated rings. The number of ether oxygens (including phenoxy) is 1. The van der Waals surface area contributed by atoms with Gasteiger partial charge in [-0.05, 0) is 49.1 Å². The molecule has 1 amide bonds. The van der Waals surface area contributed by atoms with E-state index >= 15 is 0 Å². The highest BCUT2D eigenvalue weighted by Crippen LogP contribution is 2.27. The van der Waals surface area contributed by atoms with Crippen molar-refractivity contribution >= 4 is 21.8 Å². The minimum atomic E-state index is -0.0994. The predicted molar refractivity (Wildman–Crippen MR) is 92.3 cm³/mol. The van der Waals surface area contributed by atoms with Crippen molar-refractivity contribution in [3.05, 3.63) is 63.6 Å². The summed E-state index contributed by atoms with van der Waals surface area (Å²) in [5.74, 6) is 0.680. The maximum atomic E-state index is 11.9. The monoisotopic (exact) mass is 361 g/mol. The Labute approximate surface area is 139 Å². The number of nitrogens with one attached hydrogen (secondary N) is 1. The highest BCUT2D eigenvalue weighted by molar-refractivity contribution is 9.10. The molecule has 0 aliphatic carbocycles. The van der Waals surface area contributed by atoms with Crippen LogP contribution in [0.5, 0.6) is 5.75 Å². The van der Waals surface area contributed by atoms with Gasteiger partial charge in [0.05, 0.1) is 0 Å². The van der Waals surface area contributed by atoms with E-state index in [0.29, 0.717) is 6.54 Å². The van der Waals surface area contributed by atoms with Crippen LogP contribution < -0.4 is 10.1 Å². The number of rotatable bonds is 6. The minimum absolute atomic E-state index is 0.0398. The number of benzene rings is 2. The van der Waals surface area contributed by atoms with Gasteiger partial charge in [0.1, 0.15) is 5.75 Å². The first-order valence-corrected chi connectivity index (χ1v) is 8.05. The van der Waals surface area contributed by atoms with Gasteiger partial charge in [-0.2, -0.15) is 0 Å². The first-order valence-electron chi connectivity index (χ1n) is 7.26. The molecule has 0 saturated heterocycles. The van der Waals surface area contributed by atoms with Crippen molar-refractivity contribution in [1.82, 2.24) is 5.32 Å². The molecule has 22 heavy (non-hydrogen) atoms. The van der Waals surface area contributed by atoms with Gasteiger partial charge in [-0.1, -0.05) is 46.3 Å². The second kappa shape index (κ2) is 7.99. The predicted octanol–water partition coefficient (Wildman–Crippen LogP) is 3.80. The summed E-state index contributed by atoms with van der Waals surface area (Å²) in [6.07, 6.45) is 0.822. The maximum Gasteiger partial charge on any atom is 0.257 e. The maximum absolute atomic E-state index is 11.9. The van der Waals surface area contributed by atoms with E-state index in [1.807, 2.05) is 44.2 Å². The lowest BCUT2D eigenvalue weighted by Crippen LogP contribution is -2.30. The van der Waals surface area contributed by atoms with E-state index < -0.39 is 0 Å². The second-order valence-corrected chi connectivity index (χ2v) is 6.16. The number of halogens is 1. The largest absolute Gasteiger partial charge is 0.483 e. The summed E-state index contributed by atoms with van der Waals surface area (Å²) in [5.41, 5.74) is 3.25. The summed E-state index contributed by atoms with van der Waals surface area (Å²) in [4.78, 5) is 11.9. The quantitative estimate of drug-likeness (QED) is 0.849. The summed E-state index contributed by atoms with van der Waals surface area (Å²) in [5, 5.41) is 2.88. The molecule has 0 atom stereocenters. The number of hydrogen-bond acceptors (Lipinski definition) is 2. The molecule has 0 saturated carbocycles. The van der Waals surface area contributed by atoms with E-state index in [4.69, 9.17) is 4.74 Å². The van der Waals surface area contributed by atoms with Crippen molar-refractivity contribution in [3.8, 4) is 5.75 Å². The highest BCUT2D eigenvalue weighted by atomic mass is 79.9. The van der Waals surface area contributed by atoms with Gasteiger partial charge in [0, 0.05) is 11.0 Å². The molecule has 0 bridgehead atoms. The zero-order valence-corrected chi connectivity index (χ0v) is 14.4. The number of carbonyl (C=O) groups excluding carboxylic acids is 1. The van der Waals surface area contributed by atoms with E-state index in [2.05, 4.69) is 33.4 Å². The van der Waals surface area contributed by atoms with Crippen molar-refractivity contribution in [2.45, 2.75) is 20.3 Å². The first kappa shape index (κ1) is 16.6. The van der Waals surface area contributed by atoms with E-state index in [0.717, 1.165) is 27.8 Å². The van der Waals surface area contributed by atoms with Crippen molar-refractivity contribution in [3.63, 3.8) is 0 Å². The molecule has 2 aromatic rings. The molecule has 2 aromatic carbocycles. The van der Waals surface area contributed by atoms with Crippen LogP contribution in [-0.4, -0.2) is 19.1 Å². The fourth-order valence-electron chi connectivity index (χ4n) is 2.30. The highest BCUT2D eigenvalue weighted by Gasteiger charge is 2.08. The molecule has 4 heteroatoms. The summed E-state index contributed by atoms with van der Waals surface area (Å²) < 4.78 is 6.67. The van der Waals surface area contributed by atoms with Crippen LogP contribution in [0.2, 0.25) is 0 Å². The SMILES string of the molecule is Cc1cc(Br)cc(C)c1OCC(=O)NCCc1ccccc1. The Morgan fingerprint density at radius 2 is 1.77 bits per heavy atom. The molecule has 0 spiro atoms. The van der Waals surface area contributed by atoms with Crippen molar-refractivity contribution < 1.29 is 9.53 Å². The van der Waals surface area contributed by atoms with Crippen LogP contribution >= 0.6 is 15.9 Å². The Morgan fingerprint density at radius 1 is 1.14 bits per heavy atom. The van der Waals surface area contributed by atoms with E-state index in [9.17, 15) is 4.79 Å². The van der Waals surface area contributed by atoms with Crippen LogP contribution in [0.25, 0.3) is 0 Å². The zero-order valence-electron chi connectivity index (χ0n) is 12.9. The fraction of sp³-hybridized carbons (Fsp3) is 0.278. The Bertz CT molecular complexity index is 618. The van der Waals surface area contributed by atoms with E-state index in [-0.39, 0.29) is 12.5 Å². The second-order valence-electron chi connectivity index (χ2n) is 5.24. The Kier molecular flexibility index (Phi) is 6.01. The van der Waals surface area contributed by atoms with Gasteiger partial charge in [0.2, 0.25) is 0 Å². The van der Waals surface area contributed by atoms with Gasteiger partial charge >= 0.3 is 0 Å². The Hall–Kier alpha value is -1.81. The van der Waals surface area contributed by atoms with Crippen molar-refractivity contribution in [1.29, 1.82) is 0 Å². The van der Waals surface area contributed by atoms with Gasteiger partial charge in [-0.25, -0.2) is 0 Å². The molecule has 0 heterocycles. The molecule has 2 rings (SSSR count). The van der Waals surface area contributed by atoms with Crippen LogP contribution in [0.15, 0.2) is 46.9 Å². The molecular formula is C18H20BrNO2. The van der Waals surface area contributed by atoms with Gasteiger partial charge < -0.3 is 10.1 Å². The molecule has 1 N–H and O–H groups in total. The zero-order chi connectivity index (χ0) is 15.9. The number of carbonyl (C=O) groups is 1. The topological polar surface area (TPSA) is 38.3 Å². The van der Waals surface area contributed by atoms with Crippen LogP contribution in [0.3, 0.4) is 0 Å². The van der Waals surface area contributed by atoms with Gasteiger partial charge in [-0.15, -0.1) is 0 Å². The van der Waals surface area contributed by atoms with Crippen LogP contribution in [0, 0.1) is 13.8 Å². The third-order valence-corrected chi connectivity index (χ3v) is 3.81. The van der Waals surface area contributed by atoms with Crippen molar-refractivity contribution in [2.24, 2.45) is 0 Å². The lowest BCUT2D eigenvalue weighted by Gasteiger charge is -2.12. The van der Waals surface area contributed by atoms with Crippen LogP contribution in [0.4, 0.5) is 0 Å². The average molecular weight is 362 g/mol. The van der Waals surface area contributed by atoms with Crippen LogP contribution in [0.1, 0.15) is 16.7 Å². The van der Waals surface area contributed by atoms with E-state index in [1.54, 1.807) is 0 Å².